The van der Waals surface area contributed by atoms with Crippen LogP contribution in [0.4, 0.5) is 0 Å². The fourth-order valence-corrected chi connectivity index (χ4v) is 2.56. The Morgan fingerprint density at radius 3 is 2.23 bits per heavy atom. The summed E-state index contributed by atoms with van der Waals surface area (Å²) in [7, 11) is 1.56. The van der Waals surface area contributed by atoms with Crippen molar-refractivity contribution >= 4 is 5.91 Å². The maximum absolute atomic E-state index is 12.1. The minimum absolute atomic E-state index is 0.172. The van der Waals surface area contributed by atoms with Gasteiger partial charge in [-0.1, -0.05) is 41.0 Å². The monoisotopic (exact) mass is 363 g/mol. The van der Waals surface area contributed by atoms with Crippen molar-refractivity contribution in [1.82, 2.24) is 5.32 Å². The number of methoxy groups -OCH3 is 1. The minimum atomic E-state index is -0.454. The lowest BCUT2D eigenvalue weighted by Gasteiger charge is -2.22. The lowest BCUT2D eigenvalue weighted by atomic mass is 10.1. The van der Waals surface area contributed by atoms with Gasteiger partial charge in [0.15, 0.2) is 0 Å². The molecule has 0 fully saturated rings. The third-order valence-corrected chi connectivity index (χ3v) is 4.08. The van der Waals surface area contributed by atoms with E-state index in [2.05, 4.69) is 38.2 Å². The number of hydrogen-bond donors (Lipinski definition) is 2. The van der Waals surface area contributed by atoms with E-state index in [1.54, 1.807) is 13.2 Å². The van der Waals surface area contributed by atoms with Gasteiger partial charge < -0.3 is 15.2 Å². The molecule has 0 heterocycles. The van der Waals surface area contributed by atoms with Gasteiger partial charge in [0.05, 0.1) is 18.8 Å². The zero-order valence-electron chi connectivity index (χ0n) is 17.3. The summed E-state index contributed by atoms with van der Waals surface area (Å²) in [4.78, 5) is 12.1. The third kappa shape index (κ3) is 11.8. The molecule has 0 rings (SSSR count). The van der Waals surface area contributed by atoms with E-state index in [1.807, 2.05) is 26.0 Å². The Morgan fingerprint density at radius 2 is 1.69 bits per heavy atom. The van der Waals surface area contributed by atoms with E-state index in [9.17, 15) is 9.90 Å². The Morgan fingerprint density at radius 1 is 1.08 bits per heavy atom. The van der Waals surface area contributed by atoms with Crippen LogP contribution in [0, 0.1) is 0 Å². The van der Waals surface area contributed by atoms with Crippen LogP contribution >= 0.6 is 0 Å². The van der Waals surface area contributed by atoms with Crippen molar-refractivity contribution in [3.63, 3.8) is 0 Å². The fraction of sp³-hybridized carbons (Fsp3) is 0.591. The molecule has 0 aliphatic rings. The Kier molecular flexibility index (Phi) is 13.6. The maximum Gasteiger partial charge on any atom is 0.244 e. The zero-order chi connectivity index (χ0) is 19.9. The second-order valence-electron chi connectivity index (χ2n) is 6.92. The predicted octanol–water partition coefficient (Wildman–Crippen LogP) is 4.47. The lowest BCUT2D eigenvalue weighted by Crippen LogP contribution is -2.45. The molecule has 4 nitrogen and oxygen atoms in total. The van der Waals surface area contributed by atoms with Gasteiger partial charge in [0.1, 0.15) is 0 Å². The SMILES string of the molecule is C/C=C/[C@@H](OC)[C@H](CO)NC(=O)/C=C(\C)CC/C=C(\C)CCC=C(C)C. The summed E-state index contributed by atoms with van der Waals surface area (Å²) in [5, 5.41) is 12.3. The summed E-state index contributed by atoms with van der Waals surface area (Å²) in [5.74, 6) is -0.197. The minimum Gasteiger partial charge on any atom is -0.394 e. The topological polar surface area (TPSA) is 58.6 Å². The van der Waals surface area contributed by atoms with Gasteiger partial charge in [-0.05, 0) is 60.3 Å². The number of nitrogens with one attached hydrogen (secondary N) is 1. The standard InChI is InChI=1S/C22H37NO3/c1-7-10-21(26-6)20(16-24)23-22(25)15-19(5)14-9-13-18(4)12-8-11-17(2)3/h7,10-11,13,15,20-21,24H,8-9,12,14,16H2,1-6H3,(H,23,25)/b10-7+,18-13+,19-15+/t20-,21+/m0/s1. The van der Waals surface area contributed by atoms with Gasteiger partial charge in [-0.25, -0.2) is 0 Å². The van der Waals surface area contributed by atoms with E-state index in [1.165, 1.54) is 11.1 Å². The maximum atomic E-state index is 12.1. The van der Waals surface area contributed by atoms with E-state index in [4.69, 9.17) is 4.74 Å². The Labute approximate surface area is 159 Å². The van der Waals surface area contributed by atoms with Crippen molar-refractivity contribution < 1.29 is 14.6 Å². The Hall–Kier alpha value is -1.65. The Balaban J connectivity index is 4.47. The highest BCUT2D eigenvalue weighted by molar-refractivity contribution is 5.88. The number of rotatable bonds is 12. The van der Waals surface area contributed by atoms with Gasteiger partial charge >= 0.3 is 0 Å². The molecule has 2 N–H and O–H groups in total. The van der Waals surface area contributed by atoms with E-state index in [0.29, 0.717) is 0 Å². The van der Waals surface area contributed by atoms with Gasteiger partial charge in [-0.3, -0.25) is 4.79 Å². The molecular formula is C22H37NO3. The van der Waals surface area contributed by atoms with Crippen LogP contribution in [0.2, 0.25) is 0 Å². The summed E-state index contributed by atoms with van der Waals surface area (Å²) < 4.78 is 5.29. The molecule has 0 unspecified atom stereocenters. The summed E-state index contributed by atoms with van der Waals surface area (Å²) in [6.45, 7) is 10.1. The molecule has 26 heavy (non-hydrogen) atoms. The molecule has 0 aliphatic carbocycles. The van der Waals surface area contributed by atoms with Crippen molar-refractivity contribution in [1.29, 1.82) is 0 Å². The number of carbonyl (C=O) groups excluding carboxylic acids is 1. The van der Waals surface area contributed by atoms with Crippen LogP contribution in [-0.2, 0) is 9.53 Å². The number of aliphatic hydroxyl groups excluding tert-OH is 1. The van der Waals surface area contributed by atoms with Crippen molar-refractivity contribution in [2.24, 2.45) is 0 Å². The van der Waals surface area contributed by atoms with Crippen LogP contribution in [0.5, 0.6) is 0 Å². The molecule has 0 aliphatic heterocycles. The first kappa shape index (κ1) is 24.4. The molecule has 0 saturated heterocycles. The number of hydrogen-bond acceptors (Lipinski definition) is 3. The van der Waals surface area contributed by atoms with Crippen molar-refractivity contribution in [3.8, 4) is 0 Å². The molecule has 0 aromatic carbocycles. The normalized spacial score (nSPS) is 15.0. The molecule has 148 valence electrons. The fourth-order valence-electron chi connectivity index (χ4n) is 2.56. The first-order valence-corrected chi connectivity index (χ1v) is 9.37. The second-order valence-corrected chi connectivity index (χ2v) is 6.92. The van der Waals surface area contributed by atoms with Gasteiger partial charge in [-0.15, -0.1) is 0 Å². The highest BCUT2D eigenvalue weighted by atomic mass is 16.5. The summed E-state index contributed by atoms with van der Waals surface area (Å²) >= 11 is 0. The molecule has 4 heteroatoms. The predicted molar refractivity (Wildman–Crippen MR) is 110 cm³/mol. The van der Waals surface area contributed by atoms with Gasteiger partial charge in [0.25, 0.3) is 0 Å². The van der Waals surface area contributed by atoms with Crippen LogP contribution in [0.1, 0.15) is 60.3 Å². The number of carbonyl (C=O) groups is 1. The van der Waals surface area contributed by atoms with Crippen LogP contribution in [0.3, 0.4) is 0 Å². The molecule has 0 spiro atoms. The third-order valence-electron chi connectivity index (χ3n) is 4.08. The van der Waals surface area contributed by atoms with E-state index in [-0.39, 0.29) is 18.6 Å². The van der Waals surface area contributed by atoms with Crippen molar-refractivity contribution in [2.75, 3.05) is 13.7 Å². The van der Waals surface area contributed by atoms with Crippen molar-refractivity contribution in [2.45, 2.75) is 72.4 Å². The number of aliphatic hydroxyl groups is 1. The lowest BCUT2D eigenvalue weighted by molar-refractivity contribution is -0.118. The van der Waals surface area contributed by atoms with E-state index in [0.717, 1.165) is 31.3 Å². The van der Waals surface area contributed by atoms with E-state index >= 15 is 0 Å². The molecule has 1 amide bonds. The van der Waals surface area contributed by atoms with Crippen molar-refractivity contribution in [3.05, 3.63) is 47.1 Å². The molecule has 0 radical (unpaired) electrons. The van der Waals surface area contributed by atoms with Gasteiger partial charge in [0.2, 0.25) is 5.91 Å². The molecule has 0 saturated carbocycles. The molecule has 0 bridgehead atoms. The molecule has 2 atom stereocenters. The van der Waals surface area contributed by atoms with Gasteiger partial charge in [0, 0.05) is 13.2 Å². The van der Waals surface area contributed by atoms with Crippen LogP contribution < -0.4 is 5.32 Å². The smallest absolute Gasteiger partial charge is 0.244 e. The highest BCUT2D eigenvalue weighted by Crippen LogP contribution is 2.11. The number of allylic oxidation sites excluding steroid dienone is 6. The highest BCUT2D eigenvalue weighted by Gasteiger charge is 2.19. The van der Waals surface area contributed by atoms with Crippen LogP contribution in [-0.4, -0.2) is 36.9 Å². The zero-order valence-corrected chi connectivity index (χ0v) is 17.3. The van der Waals surface area contributed by atoms with Crippen LogP contribution in [0.15, 0.2) is 47.1 Å². The largest absolute Gasteiger partial charge is 0.394 e. The second kappa shape index (κ2) is 14.5. The number of amides is 1. The Bertz CT molecular complexity index is 526. The average molecular weight is 364 g/mol. The molecular weight excluding hydrogens is 326 g/mol. The molecule has 0 aromatic rings. The first-order valence-electron chi connectivity index (χ1n) is 9.37. The average Bonchev–Trinajstić information content (AvgIpc) is 2.57. The summed E-state index contributed by atoms with van der Waals surface area (Å²) in [5.41, 5.74) is 3.76. The first-order chi connectivity index (χ1) is 12.3. The quantitative estimate of drug-likeness (QED) is 0.397. The summed E-state index contributed by atoms with van der Waals surface area (Å²) in [6.07, 6.45) is 13.4. The summed E-state index contributed by atoms with van der Waals surface area (Å²) in [6, 6.07) is -0.454. The van der Waals surface area contributed by atoms with E-state index < -0.39 is 6.04 Å². The van der Waals surface area contributed by atoms with Crippen LogP contribution in [0.25, 0.3) is 0 Å². The molecule has 0 aromatic heterocycles. The number of ether oxygens (including phenoxy) is 1. The van der Waals surface area contributed by atoms with Gasteiger partial charge in [-0.2, -0.15) is 0 Å².